The molecule has 0 aliphatic rings. The molecule has 0 saturated carbocycles. The van der Waals surface area contributed by atoms with E-state index in [1.165, 1.54) is 0 Å². The number of nitrogens with zero attached hydrogens (tertiary/aromatic N) is 3. The number of hydrogen-bond donors (Lipinski definition) is 0. The van der Waals surface area contributed by atoms with Crippen molar-refractivity contribution in [1.82, 2.24) is 4.98 Å². The predicted octanol–water partition coefficient (Wildman–Crippen LogP) is 2.83. The first kappa shape index (κ1) is 10.7. The van der Waals surface area contributed by atoms with Crippen LogP contribution in [0.5, 0.6) is 0 Å². The van der Waals surface area contributed by atoms with Gasteiger partial charge in [-0.15, -0.1) is 0 Å². The molecule has 0 radical (unpaired) electrons. The van der Waals surface area contributed by atoms with Gasteiger partial charge in [0.2, 0.25) is 0 Å². The summed E-state index contributed by atoms with van der Waals surface area (Å²) in [6.07, 6.45) is 0. The molecule has 2 rings (SSSR count). The van der Waals surface area contributed by atoms with Crippen LogP contribution in [0, 0.1) is 11.3 Å². The van der Waals surface area contributed by atoms with Crippen molar-refractivity contribution in [2.24, 2.45) is 0 Å². The fraction of sp³-hybridized carbons (Fsp3) is 0.167. The van der Waals surface area contributed by atoms with Gasteiger partial charge >= 0.3 is 0 Å². The third kappa shape index (κ3) is 1.68. The lowest BCUT2D eigenvalue weighted by Gasteiger charge is -2.15. The molecule has 3 nitrogen and oxygen atoms in total. The molecular weight excluding hydrogens is 222 g/mol. The smallest absolute Gasteiger partial charge is 0.150 e. The van der Waals surface area contributed by atoms with Crippen molar-refractivity contribution in [3.8, 4) is 6.07 Å². The van der Waals surface area contributed by atoms with Crippen molar-refractivity contribution in [2.45, 2.75) is 0 Å². The minimum absolute atomic E-state index is 0.346. The average molecular weight is 232 g/mol. The molecule has 4 heteroatoms. The summed E-state index contributed by atoms with van der Waals surface area (Å²) in [7, 11) is 3.91. The molecule has 0 saturated heterocycles. The van der Waals surface area contributed by atoms with Crippen LogP contribution in [0.1, 0.15) is 5.69 Å². The highest BCUT2D eigenvalue weighted by atomic mass is 35.5. The molecule has 0 spiro atoms. The minimum Gasteiger partial charge on any atom is -0.377 e. The van der Waals surface area contributed by atoms with Crippen LogP contribution in [0.15, 0.2) is 24.3 Å². The summed E-state index contributed by atoms with van der Waals surface area (Å²) >= 11 is 5.90. The van der Waals surface area contributed by atoms with Gasteiger partial charge in [0.25, 0.3) is 0 Å². The van der Waals surface area contributed by atoms with Gasteiger partial charge in [0.1, 0.15) is 16.9 Å². The Morgan fingerprint density at radius 1 is 1.31 bits per heavy atom. The minimum atomic E-state index is 0.346. The molecule has 0 N–H and O–H groups in total. The van der Waals surface area contributed by atoms with E-state index in [1.54, 1.807) is 6.07 Å². The number of fused-ring (bicyclic) bond motifs is 1. The lowest BCUT2D eigenvalue weighted by atomic mass is 10.1. The average Bonchev–Trinajstić information content (AvgIpc) is 2.26. The van der Waals surface area contributed by atoms with Crippen molar-refractivity contribution in [3.63, 3.8) is 0 Å². The molecule has 1 aromatic carbocycles. The van der Waals surface area contributed by atoms with Gasteiger partial charge < -0.3 is 4.90 Å². The molecule has 1 heterocycles. The molecule has 16 heavy (non-hydrogen) atoms. The molecule has 0 unspecified atom stereocenters. The number of hydrogen-bond acceptors (Lipinski definition) is 3. The summed E-state index contributed by atoms with van der Waals surface area (Å²) < 4.78 is 0. The Balaban J connectivity index is 2.89. The van der Waals surface area contributed by atoms with E-state index in [2.05, 4.69) is 11.1 Å². The zero-order valence-corrected chi connectivity index (χ0v) is 9.78. The van der Waals surface area contributed by atoms with Crippen LogP contribution in [0.4, 0.5) is 5.69 Å². The lowest BCUT2D eigenvalue weighted by molar-refractivity contribution is 1.14. The van der Waals surface area contributed by atoms with Crippen molar-refractivity contribution in [3.05, 3.63) is 35.1 Å². The van der Waals surface area contributed by atoms with Crippen LogP contribution in [0.25, 0.3) is 10.8 Å². The summed E-state index contributed by atoms with van der Waals surface area (Å²) in [5, 5.41) is 11.1. The summed E-state index contributed by atoms with van der Waals surface area (Å²) in [5.41, 5.74) is 1.39. The first-order chi connectivity index (χ1) is 7.63. The first-order valence-corrected chi connectivity index (χ1v) is 5.18. The molecule has 0 fully saturated rings. The Morgan fingerprint density at radius 3 is 2.69 bits per heavy atom. The van der Waals surface area contributed by atoms with Gasteiger partial charge in [0.15, 0.2) is 0 Å². The number of benzene rings is 1. The molecule has 1 aromatic heterocycles. The second kappa shape index (κ2) is 3.99. The van der Waals surface area contributed by atoms with E-state index in [9.17, 15) is 0 Å². The quantitative estimate of drug-likeness (QED) is 0.709. The van der Waals surface area contributed by atoms with E-state index in [4.69, 9.17) is 16.9 Å². The first-order valence-electron chi connectivity index (χ1n) is 4.80. The van der Waals surface area contributed by atoms with Crippen molar-refractivity contribution in [1.29, 1.82) is 5.26 Å². The molecule has 0 atom stereocenters. The standard InChI is InChI=1S/C12H10ClN3/c1-16(2)11-5-3-4-8-9(11)6-12(13)15-10(8)7-14/h3-6H,1-2H3. The van der Waals surface area contributed by atoms with Gasteiger partial charge in [0, 0.05) is 30.6 Å². The highest BCUT2D eigenvalue weighted by molar-refractivity contribution is 6.30. The van der Waals surface area contributed by atoms with Crippen LogP contribution in [0.3, 0.4) is 0 Å². The molecule has 0 amide bonds. The lowest BCUT2D eigenvalue weighted by Crippen LogP contribution is -2.09. The molecular formula is C12H10ClN3. The van der Waals surface area contributed by atoms with Gasteiger partial charge in [-0.2, -0.15) is 5.26 Å². The number of rotatable bonds is 1. The summed E-state index contributed by atoms with van der Waals surface area (Å²) in [6, 6.07) is 9.62. The van der Waals surface area contributed by atoms with Crippen LogP contribution in [-0.4, -0.2) is 19.1 Å². The molecule has 2 aromatic rings. The normalized spacial score (nSPS) is 10.1. The second-order valence-electron chi connectivity index (χ2n) is 3.67. The number of nitriles is 1. The van der Waals surface area contributed by atoms with Crippen LogP contribution in [0.2, 0.25) is 5.15 Å². The molecule has 0 aliphatic carbocycles. The number of aromatic nitrogens is 1. The fourth-order valence-corrected chi connectivity index (χ4v) is 1.90. The predicted molar refractivity (Wildman–Crippen MR) is 65.8 cm³/mol. The van der Waals surface area contributed by atoms with E-state index < -0.39 is 0 Å². The maximum atomic E-state index is 9.00. The highest BCUT2D eigenvalue weighted by Crippen LogP contribution is 2.28. The van der Waals surface area contributed by atoms with Crippen molar-refractivity contribution < 1.29 is 0 Å². The van der Waals surface area contributed by atoms with Crippen LogP contribution in [-0.2, 0) is 0 Å². The summed E-state index contributed by atoms with van der Waals surface area (Å²) in [4.78, 5) is 5.99. The molecule has 80 valence electrons. The number of pyridine rings is 1. The number of anilines is 1. The van der Waals surface area contributed by atoms with Crippen LogP contribution >= 0.6 is 11.6 Å². The Kier molecular flexibility index (Phi) is 2.67. The zero-order chi connectivity index (χ0) is 11.7. The van der Waals surface area contributed by atoms with Gasteiger partial charge in [-0.05, 0) is 12.1 Å². The van der Waals surface area contributed by atoms with Gasteiger partial charge in [0.05, 0.1) is 0 Å². The fourth-order valence-electron chi connectivity index (χ4n) is 1.70. The van der Waals surface area contributed by atoms with E-state index in [1.807, 2.05) is 37.2 Å². The van der Waals surface area contributed by atoms with E-state index in [-0.39, 0.29) is 0 Å². The summed E-state index contributed by atoms with van der Waals surface area (Å²) in [6.45, 7) is 0. The van der Waals surface area contributed by atoms with Crippen molar-refractivity contribution >= 4 is 28.1 Å². The number of halogens is 1. The SMILES string of the molecule is CN(C)c1cccc2c(C#N)nc(Cl)cc12. The second-order valence-corrected chi connectivity index (χ2v) is 4.06. The zero-order valence-electron chi connectivity index (χ0n) is 9.03. The van der Waals surface area contributed by atoms with E-state index >= 15 is 0 Å². The Morgan fingerprint density at radius 2 is 2.06 bits per heavy atom. The third-order valence-electron chi connectivity index (χ3n) is 2.41. The Bertz CT molecular complexity index is 585. The van der Waals surface area contributed by atoms with Gasteiger partial charge in [-0.3, -0.25) is 0 Å². The largest absolute Gasteiger partial charge is 0.377 e. The topological polar surface area (TPSA) is 39.9 Å². The van der Waals surface area contributed by atoms with Crippen LogP contribution < -0.4 is 4.90 Å². The van der Waals surface area contributed by atoms with E-state index in [0.717, 1.165) is 16.5 Å². The van der Waals surface area contributed by atoms with Gasteiger partial charge in [-0.25, -0.2) is 4.98 Å². The Hall–Kier alpha value is -1.79. The Labute approximate surface area is 98.9 Å². The third-order valence-corrected chi connectivity index (χ3v) is 2.60. The van der Waals surface area contributed by atoms with E-state index in [0.29, 0.717) is 10.8 Å². The summed E-state index contributed by atoms with van der Waals surface area (Å²) in [5.74, 6) is 0. The highest BCUT2D eigenvalue weighted by Gasteiger charge is 2.08. The molecule has 0 bridgehead atoms. The molecule has 0 aliphatic heterocycles. The maximum Gasteiger partial charge on any atom is 0.150 e. The maximum absolute atomic E-state index is 9.00. The van der Waals surface area contributed by atoms with Crippen molar-refractivity contribution in [2.75, 3.05) is 19.0 Å². The van der Waals surface area contributed by atoms with Gasteiger partial charge in [-0.1, -0.05) is 23.7 Å². The monoisotopic (exact) mass is 231 g/mol.